The summed E-state index contributed by atoms with van der Waals surface area (Å²) < 4.78 is 4.95. The van der Waals surface area contributed by atoms with Gasteiger partial charge in [0.15, 0.2) is 0 Å². The quantitative estimate of drug-likeness (QED) is 0.807. The van der Waals surface area contributed by atoms with Crippen molar-refractivity contribution in [2.24, 2.45) is 5.73 Å². The minimum absolute atomic E-state index is 0.437. The number of carbonyl (C=O) groups excluding carboxylic acids is 1. The topological polar surface area (TPSA) is 65.2 Å². The van der Waals surface area contributed by atoms with Gasteiger partial charge in [0.05, 0.1) is 0 Å². The van der Waals surface area contributed by atoms with Crippen LogP contribution in [0.15, 0.2) is 18.3 Å². The van der Waals surface area contributed by atoms with Crippen molar-refractivity contribution in [1.82, 2.24) is 4.98 Å². The molecule has 0 saturated carbocycles. The number of pyridine rings is 1. The van der Waals surface area contributed by atoms with Crippen LogP contribution in [0.3, 0.4) is 0 Å². The lowest BCUT2D eigenvalue weighted by atomic mass is 10.00. The molecule has 15 heavy (non-hydrogen) atoms. The summed E-state index contributed by atoms with van der Waals surface area (Å²) in [4.78, 5) is 14.6. The molecule has 2 N–H and O–H groups in total. The molecule has 0 bridgehead atoms. The van der Waals surface area contributed by atoms with Gasteiger partial charge in [0.2, 0.25) is 0 Å². The maximum atomic E-state index is 10.6. The van der Waals surface area contributed by atoms with E-state index >= 15 is 0 Å². The van der Waals surface area contributed by atoms with Gasteiger partial charge in [-0.2, -0.15) is 0 Å². The lowest BCUT2D eigenvalue weighted by molar-refractivity contribution is 0.0460. The van der Waals surface area contributed by atoms with Crippen molar-refractivity contribution < 1.29 is 9.53 Å². The average Bonchev–Trinajstić information content (AvgIpc) is 2.06. The zero-order valence-electron chi connectivity index (χ0n) is 8.66. The fourth-order valence-corrected chi connectivity index (χ4v) is 1.42. The highest BCUT2D eigenvalue weighted by Gasteiger charge is 2.22. The number of halogens is 1. The van der Waals surface area contributed by atoms with E-state index in [1.54, 1.807) is 26.1 Å². The molecule has 0 saturated heterocycles. The first-order chi connectivity index (χ1) is 6.89. The summed E-state index contributed by atoms with van der Waals surface area (Å²) >= 11 is 5.65. The second kappa shape index (κ2) is 4.49. The number of carbonyl (C=O) groups is 1. The average molecular weight is 229 g/mol. The van der Waals surface area contributed by atoms with E-state index in [0.717, 1.165) is 5.56 Å². The van der Waals surface area contributed by atoms with Crippen LogP contribution in [0.2, 0.25) is 5.15 Å². The van der Waals surface area contributed by atoms with Crippen LogP contribution in [0.25, 0.3) is 0 Å². The monoisotopic (exact) mass is 228 g/mol. The van der Waals surface area contributed by atoms with Crippen LogP contribution in [-0.4, -0.2) is 16.7 Å². The van der Waals surface area contributed by atoms with Gasteiger partial charge in [-0.25, -0.2) is 9.78 Å². The predicted octanol–water partition coefficient (Wildman–Crippen LogP) is 2.15. The normalized spacial score (nSPS) is 11.1. The van der Waals surface area contributed by atoms with Crippen molar-refractivity contribution in [2.45, 2.75) is 25.9 Å². The summed E-state index contributed by atoms with van der Waals surface area (Å²) in [6.07, 6.45) is 1.41. The highest BCUT2D eigenvalue weighted by molar-refractivity contribution is 6.29. The van der Waals surface area contributed by atoms with Crippen LogP contribution in [0.5, 0.6) is 0 Å². The first-order valence-corrected chi connectivity index (χ1v) is 4.86. The van der Waals surface area contributed by atoms with Gasteiger partial charge >= 0.3 is 6.09 Å². The van der Waals surface area contributed by atoms with E-state index in [4.69, 9.17) is 22.1 Å². The van der Waals surface area contributed by atoms with E-state index in [1.807, 2.05) is 6.07 Å². The molecule has 0 aliphatic carbocycles. The van der Waals surface area contributed by atoms with Crippen LogP contribution >= 0.6 is 11.6 Å². The second-order valence-electron chi connectivity index (χ2n) is 3.85. The molecule has 1 heterocycles. The van der Waals surface area contributed by atoms with Gasteiger partial charge in [0.1, 0.15) is 10.8 Å². The number of hydrogen-bond donors (Lipinski definition) is 1. The zero-order chi connectivity index (χ0) is 11.5. The molecule has 82 valence electrons. The van der Waals surface area contributed by atoms with Crippen LogP contribution in [0, 0.1) is 0 Å². The van der Waals surface area contributed by atoms with E-state index < -0.39 is 11.7 Å². The Bertz CT molecular complexity index is 349. The molecule has 1 aromatic rings. The molecule has 0 aromatic carbocycles. The molecule has 4 nitrogen and oxygen atoms in total. The molecular weight excluding hydrogens is 216 g/mol. The summed E-state index contributed by atoms with van der Waals surface area (Å²) in [6, 6.07) is 3.53. The lowest BCUT2D eigenvalue weighted by Crippen LogP contribution is -2.33. The molecular formula is C10H13ClN2O2. The maximum Gasteiger partial charge on any atom is 0.405 e. The van der Waals surface area contributed by atoms with Gasteiger partial charge in [-0.05, 0) is 25.5 Å². The minimum atomic E-state index is -0.776. The summed E-state index contributed by atoms with van der Waals surface area (Å²) in [5.41, 5.74) is 5.26. The van der Waals surface area contributed by atoms with Crippen molar-refractivity contribution in [3.05, 3.63) is 29.0 Å². The van der Waals surface area contributed by atoms with Gasteiger partial charge in [0, 0.05) is 12.6 Å². The number of primary amides is 1. The first kappa shape index (κ1) is 11.8. The molecule has 0 radical (unpaired) electrons. The predicted molar refractivity (Wildman–Crippen MR) is 57.7 cm³/mol. The van der Waals surface area contributed by atoms with Gasteiger partial charge in [0.25, 0.3) is 0 Å². The molecule has 1 amide bonds. The van der Waals surface area contributed by atoms with E-state index in [-0.39, 0.29) is 0 Å². The molecule has 0 unspecified atom stereocenters. The number of aromatic nitrogens is 1. The molecule has 0 aliphatic rings. The highest BCUT2D eigenvalue weighted by Crippen LogP contribution is 2.17. The lowest BCUT2D eigenvalue weighted by Gasteiger charge is -2.23. The number of amides is 1. The minimum Gasteiger partial charge on any atom is -0.443 e. The Morgan fingerprint density at radius 3 is 2.73 bits per heavy atom. The van der Waals surface area contributed by atoms with Gasteiger partial charge in [-0.15, -0.1) is 0 Å². The number of rotatable bonds is 3. The molecule has 0 aliphatic heterocycles. The Labute approximate surface area is 93.4 Å². The zero-order valence-corrected chi connectivity index (χ0v) is 9.41. The summed E-state index contributed by atoms with van der Waals surface area (Å²) in [5.74, 6) is 0. The number of hydrogen-bond acceptors (Lipinski definition) is 3. The van der Waals surface area contributed by atoms with E-state index in [2.05, 4.69) is 4.98 Å². The standard InChI is InChI=1S/C10H13ClN2O2/c1-10(2,15-9(12)14)5-7-3-4-8(11)13-6-7/h3-4,6H,5H2,1-2H3,(H2,12,14). The highest BCUT2D eigenvalue weighted by atomic mass is 35.5. The summed E-state index contributed by atoms with van der Waals surface area (Å²) in [6.45, 7) is 3.57. The molecule has 0 spiro atoms. The Hall–Kier alpha value is -1.29. The first-order valence-electron chi connectivity index (χ1n) is 4.48. The molecule has 1 aromatic heterocycles. The summed E-state index contributed by atoms with van der Waals surface area (Å²) in [7, 11) is 0. The largest absolute Gasteiger partial charge is 0.443 e. The van der Waals surface area contributed by atoms with Crippen LogP contribution in [-0.2, 0) is 11.2 Å². The second-order valence-corrected chi connectivity index (χ2v) is 4.23. The smallest absolute Gasteiger partial charge is 0.405 e. The molecule has 0 atom stereocenters. The molecule has 0 fully saturated rings. The Morgan fingerprint density at radius 2 is 2.27 bits per heavy atom. The molecule has 1 rings (SSSR count). The third kappa shape index (κ3) is 4.16. The fourth-order valence-electron chi connectivity index (χ4n) is 1.31. The van der Waals surface area contributed by atoms with Crippen molar-refractivity contribution in [3.63, 3.8) is 0 Å². The van der Waals surface area contributed by atoms with Crippen molar-refractivity contribution in [3.8, 4) is 0 Å². The SMILES string of the molecule is CC(C)(Cc1ccc(Cl)nc1)OC(N)=O. The number of nitrogens with two attached hydrogens (primary N) is 1. The van der Waals surface area contributed by atoms with Gasteiger partial charge < -0.3 is 10.5 Å². The van der Waals surface area contributed by atoms with Crippen LogP contribution in [0.1, 0.15) is 19.4 Å². The van der Waals surface area contributed by atoms with Crippen LogP contribution < -0.4 is 5.73 Å². The Kier molecular flexibility index (Phi) is 3.52. The Balaban J connectivity index is 2.68. The van der Waals surface area contributed by atoms with E-state index in [0.29, 0.717) is 11.6 Å². The number of ether oxygens (including phenoxy) is 1. The van der Waals surface area contributed by atoms with Gasteiger partial charge in [-0.3, -0.25) is 0 Å². The maximum absolute atomic E-state index is 10.6. The fraction of sp³-hybridized carbons (Fsp3) is 0.400. The molecule has 5 heteroatoms. The van der Waals surface area contributed by atoms with Crippen molar-refractivity contribution >= 4 is 17.7 Å². The summed E-state index contributed by atoms with van der Waals surface area (Å²) in [5, 5.41) is 0.437. The third-order valence-corrected chi connectivity index (χ3v) is 2.02. The third-order valence-electron chi connectivity index (χ3n) is 1.80. The van der Waals surface area contributed by atoms with Crippen LogP contribution in [0.4, 0.5) is 4.79 Å². The van der Waals surface area contributed by atoms with Gasteiger partial charge in [-0.1, -0.05) is 17.7 Å². The Morgan fingerprint density at radius 1 is 1.60 bits per heavy atom. The van der Waals surface area contributed by atoms with E-state index in [9.17, 15) is 4.79 Å². The van der Waals surface area contributed by atoms with E-state index in [1.165, 1.54) is 0 Å². The van der Waals surface area contributed by atoms with Crippen molar-refractivity contribution in [1.29, 1.82) is 0 Å². The van der Waals surface area contributed by atoms with Crippen molar-refractivity contribution in [2.75, 3.05) is 0 Å². The number of nitrogens with zero attached hydrogens (tertiary/aromatic N) is 1.